The first kappa shape index (κ1) is 18.3. The number of hydrogen-bond acceptors (Lipinski definition) is 4. The molecule has 0 fully saturated rings. The molecule has 2 aromatic carbocycles. The minimum Gasteiger partial charge on any atom is -0.497 e. The van der Waals surface area contributed by atoms with Crippen LogP contribution in [0.3, 0.4) is 0 Å². The molecule has 0 amide bonds. The topological polar surface area (TPSA) is 39.7 Å². The van der Waals surface area contributed by atoms with Crippen LogP contribution in [0.5, 0.6) is 17.2 Å². The van der Waals surface area contributed by atoms with Crippen molar-refractivity contribution in [2.24, 2.45) is 0 Å². The van der Waals surface area contributed by atoms with E-state index in [2.05, 4.69) is 12.2 Å². The maximum absolute atomic E-state index is 6.40. The number of anilines is 1. The van der Waals surface area contributed by atoms with Crippen molar-refractivity contribution in [2.75, 3.05) is 25.6 Å². The Morgan fingerprint density at radius 3 is 2.33 bits per heavy atom. The maximum Gasteiger partial charge on any atom is 0.162 e. The molecule has 0 heterocycles. The molecular formula is C19H24ClNO3. The zero-order valence-corrected chi connectivity index (χ0v) is 15.2. The highest BCUT2D eigenvalue weighted by Crippen LogP contribution is 2.34. The summed E-state index contributed by atoms with van der Waals surface area (Å²) in [5, 5.41) is 4.01. The third-order valence-electron chi connectivity index (χ3n) is 3.45. The Labute approximate surface area is 148 Å². The van der Waals surface area contributed by atoms with Crippen LogP contribution in [0.2, 0.25) is 5.02 Å². The van der Waals surface area contributed by atoms with Gasteiger partial charge in [-0.05, 0) is 49.2 Å². The van der Waals surface area contributed by atoms with Gasteiger partial charge in [0.25, 0.3) is 0 Å². The van der Waals surface area contributed by atoms with Crippen molar-refractivity contribution in [3.05, 3.63) is 47.0 Å². The van der Waals surface area contributed by atoms with Gasteiger partial charge in [0.15, 0.2) is 11.5 Å². The van der Waals surface area contributed by atoms with E-state index < -0.39 is 0 Å². The largest absolute Gasteiger partial charge is 0.497 e. The van der Waals surface area contributed by atoms with E-state index >= 15 is 0 Å². The Hall–Kier alpha value is -2.07. The quantitative estimate of drug-likeness (QED) is 0.679. The van der Waals surface area contributed by atoms with Gasteiger partial charge in [-0.15, -0.1) is 0 Å². The van der Waals surface area contributed by atoms with Gasteiger partial charge >= 0.3 is 0 Å². The van der Waals surface area contributed by atoms with Gasteiger partial charge in [0.2, 0.25) is 0 Å². The average Bonchev–Trinajstić information content (AvgIpc) is 2.61. The number of hydrogen-bond donors (Lipinski definition) is 1. The van der Waals surface area contributed by atoms with Crippen molar-refractivity contribution in [1.82, 2.24) is 0 Å². The SMILES string of the molecule is CCCOc1cc(Cl)c(CNc2ccc(OC)cc2)cc1OCC. The molecule has 1 N–H and O–H groups in total. The monoisotopic (exact) mass is 349 g/mol. The predicted molar refractivity (Wildman–Crippen MR) is 98.7 cm³/mol. The number of ether oxygens (including phenoxy) is 3. The highest BCUT2D eigenvalue weighted by Gasteiger charge is 2.11. The van der Waals surface area contributed by atoms with E-state index in [-0.39, 0.29) is 0 Å². The third-order valence-corrected chi connectivity index (χ3v) is 3.80. The van der Waals surface area contributed by atoms with E-state index in [1.165, 1.54) is 0 Å². The van der Waals surface area contributed by atoms with Crippen molar-refractivity contribution >= 4 is 17.3 Å². The molecule has 0 atom stereocenters. The molecule has 0 saturated heterocycles. The smallest absolute Gasteiger partial charge is 0.162 e. The summed E-state index contributed by atoms with van der Waals surface area (Å²) in [5.41, 5.74) is 1.95. The molecule has 0 saturated carbocycles. The first-order valence-corrected chi connectivity index (χ1v) is 8.51. The molecule has 0 unspecified atom stereocenters. The van der Waals surface area contributed by atoms with Crippen LogP contribution in [0.1, 0.15) is 25.8 Å². The number of methoxy groups -OCH3 is 1. The van der Waals surface area contributed by atoms with Gasteiger partial charge in [0.1, 0.15) is 5.75 Å². The zero-order chi connectivity index (χ0) is 17.4. The maximum atomic E-state index is 6.40. The van der Waals surface area contributed by atoms with Crippen LogP contribution in [0.4, 0.5) is 5.69 Å². The average molecular weight is 350 g/mol. The molecule has 0 bridgehead atoms. The minimum atomic E-state index is 0.579. The molecule has 130 valence electrons. The highest BCUT2D eigenvalue weighted by molar-refractivity contribution is 6.31. The standard InChI is InChI=1S/C19H24ClNO3/c1-4-10-24-19-12-17(20)14(11-18(19)23-5-2)13-21-15-6-8-16(22-3)9-7-15/h6-9,11-12,21H,4-5,10,13H2,1-3H3. The number of rotatable bonds is 9. The van der Waals surface area contributed by atoms with Gasteiger partial charge < -0.3 is 19.5 Å². The zero-order valence-electron chi connectivity index (χ0n) is 14.4. The van der Waals surface area contributed by atoms with Gasteiger partial charge in [-0.3, -0.25) is 0 Å². The lowest BCUT2D eigenvalue weighted by Crippen LogP contribution is -2.04. The van der Waals surface area contributed by atoms with Crippen molar-refractivity contribution in [3.8, 4) is 17.2 Å². The predicted octanol–water partition coefficient (Wildman–Crippen LogP) is 5.15. The third kappa shape index (κ3) is 4.96. The lowest BCUT2D eigenvalue weighted by molar-refractivity contribution is 0.276. The summed E-state index contributed by atoms with van der Waals surface area (Å²) in [5.74, 6) is 2.24. The van der Waals surface area contributed by atoms with Crippen molar-refractivity contribution in [2.45, 2.75) is 26.8 Å². The van der Waals surface area contributed by atoms with E-state index in [0.29, 0.717) is 30.5 Å². The molecule has 0 aliphatic heterocycles. The summed E-state index contributed by atoms with van der Waals surface area (Å²) in [6, 6.07) is 11.5. The van der Waals surface area contributed by atoms with Crippen LogP contribution in [0.25, 0.3) is 0 Å². The Bertz CT molecular complexity index is 644. The van der Waals surface area contributed by atoms with E-state index in [4.69, 9.17) is 25.8 Å². The summed E-state index contributed by atoms with van der Waals surface area (Å²) in [6.45, 7) is 5.83. The molecule has 0 radical (unpaired) electrons. The molecule has 5 heteroatoms. The van der Waals surface area contributed by atoms with Crippen molar-refractivity contribution < 1.29 is 14.2 Å². The van der Waals surface area contributed by atoms with Gasteiger partial charge in [-0.2, -0.15) is 0 Å². The van der Waals surface area contributed by atoms with Crippen LogP contribution < -0.4 is 19.5 Å². The molecule has 0 aliphatic carbocycles. The summed E-state index contributed by atoms with van der Waals surface area (Å²) < 4.78 is 16.6. The summed E-state index contributed by atoms with van der Waals surface area (Å²) >= 11 is 6.40. The Balaban J connectivity index is 2.11. The van der Waals surface area contributed by atoms with Crippen molar-refractivity contribution in [1.29, 1.82) is 0 Å². The lowest BCUT2D eigenvalue weighted by atomic mass is 10.2. The number of halogens is 1. The highest BCUT2D eigenvalue weighted by atomic mass is 35.5. The fourth-order valence-corrected chi connectivity index (χ4v) is 2.43. The van der Waals surface area contributed by atoms with Crippen LogP contribution in [-0.4, -0.2) is 20.3 Å². The molecule has 2 aromatic rings. The fourth-order valence-electron chi connectivity index (χ4n) is 2.21. The second-order valence-electron chi connectivity index (χ2n) is 5.25. The summed E-state index contributed by atoms with van der Waals surface area (Å²) in [7, 11) is 1.65. The van der Waals surface area contributed by atoms with Crippen LogP contribution in [0, 0.1) is 0 Å². The van der Waals surface area contributed by atoms with Crippen LogP contribution in [0.15, 0.2) is 36.4 Å². The van der Waals surface area contributed by atoms with Gasteiger partial charge in [-0.1, -0.05) is 18.5 Å². The number of benzene rings is 2. The molecule has 4 nitrogen and oxygen atoms in total. The van der Waals surface area contributed by atoms with E-state index in [0.717, 1.165) is 29.2 Å². The van der Waals surface area contributed by atoms with E-state index in [1.807, 2.05) is 43.3 Å². The fraction of sp³-hybridized carbons (Fsp3) is 0.368. The Kier molecular flexibility index (Phi) is 7.07. The molecule has 24 heavy (non-hydrogen) atoms. The second kappa shape index (κ2) is 9.28. The second-order valence-corrected chi connectivity index (χ2v) is 5.66. The Morgan fingerprint density at radius 2 is 1.71 bits per heavy atom. The normalized spacial score (nSPS) is 10.3. The van der Waals surface area contributed by atoms with Crippen LogP contribution >= 0.6 is 11.6 Å². The first-order chi connectivity index (χ1) is 11.7. The lowest BCUT2D eigenvalue weighted by Gasteiger charge is -2.15. The molecular weight excluding hydrogens is 326 g/mol. The van der Waals surface area contributed by atoms with Crippen LogP contribution in [-0.2, 0) is 6.54 Å². The number of nitrogens with one attached hydrogen (secondary N) is 1. The van der Waals surface area contributed by atoms with Gasteiger partial charge in [0.05, 0.1) is 20.3 Å². The molecule has 0 aromatic heterocycles. The minimum absolute atomic E-state index is 0.579. The first-order valence-electron chi connectivity index (χ1n) is 8.13. The van der Waals surface area contributed by atoms with E-state index in [9.17, 15) is 0 Å². The molecule has 0 spiro atoms. The Morgan fingerprint density at radius 1 is 1.00 bits per heavy atom. The van der Waals surface area contributed by atoms with Crippen molar-refractivity contribution in [3.63, 3.8) is 0 Å². The molecule has 0 aliphatic rings. The summed E-state index contributed by atoms with van der Waals surface area (Å²) in [6.07, 6.45) is 0.934. The molecule has 2 rings (SSSR count). The summed E-state index contributed by atoms with van der Waals surface area (Å²) in [4.78, 5) is 0. The van der Waals surface area contributed by atoms with E-state index in [1.54, 1.807) is 7.11 Å². The van der Waals surface area contributed by atoms with Gasteiger partial charge in [-0.25, -0.2) is 0 Å². The van der Waals surface area contributed by atoms with Gasteiger partial charge in [0, 0.05) is 23.3 Å².